The molecular formula is C16H19BrO. The SMILES string of the molecule is CCCCCCOc1ccc2ccccc2c1Br. The molecule has 0 N–H and O–H groups in total. The third-order valence-electron chi connectivity index (χ3n) is 3.08. The van der Waals surface area contributed by atoms with E-state index in [1.807, 2.05) is 6.07 Å². The van der Waals surface area contributed by atoms with Crippen molar-refractivity contribution in [2.45, 2.75) is 32.6 Å². The summed E-state index contributed by atoms with van der Waals surface area (Å²) in [5.74, 6) is 0.949. The largest absolute Gasteiger partial charge is 0.492 e. The minimum absolute atomic E-state index is 0.803. The number of hydrogen-bond acceptors (Lipinski definition) is 1. The van der Waals surface area contributed by atoms with Crippen molar-refractivity contribution in [1.82, 2.24) is 0 Å². The first-order valence-electron chi connectivity index (χ1n) is 6.63. The van der Waals surface area contributed by atoms with Crippen molar-refractivity contribution in [2.75, 3.05) is 6.61 Å². The first-order chi connectivity index (χ1) is 8.83. The number of halogens is 1. The van der Waals surface area contributed by atoms with Crippen LogP contribution in [0.5, 0.6) is 5.75 Å². The van der Waals surface area contributed by atoms with E-state index in [1.54, 1.807) is 0 Å². The fraction of sp³-hybridized carbons (Fsp3) is 0.375. The minimum Gasteiger partial charge on any atom is -0.492 e. The van der Waals surface area contributed by atoms with Crippen molar-refractivity contribution in [1.29, 1.82) is 0 Å². The average molecular weight is 307 g/mol. The topological polar surface area (TPSA) is 9.23 Å². The van der Waals surface area contributed by atoms with Crippen molar-refractivity contribution in [3.8, 4) is 5.75 Å². The lowest BCUT2D eigenvalue weighted by Crippen LogP contribution is -1.98. The molecule has 0 unspecified atom stereocenters. The van der Waals surface area contributed by atoms with Gasteiger partial charge in [-0.05, 0) is 39.2 Å². The molecule has 0 radical (unpaired) electrons. The Kier molecular flexibility index (Phi) is 5.06. The smallest absolute Gasteiger partial charge is 0.134 e. The lowest BCUT2D eigenvalue weighted by Gasteiger charge is -2.10. The summed E-state index contributed by atoms with van der Waals surface area (Å²) < 4.78 is 6.91. The van der Waals surface area contributed by atoms with E-state index in [0.717, 1.165) is 23.2 Å². The molecule has 0 aliphatic heterocycles. The third kappa shape index (κ3) is 3.26. The van der Waals surface area contributed by atoms with Gasteiger partial charge in [-0.25, -0.2) is 0 Å². The van der Waals surface area contributed by atoms with Gasteiger partial charge in [0.15, 0.2) is 0 Å². The Labute approximate surface area is 117 Å². The first-order valence-corrected chi connectivity index (χ1v) is 7.42. The Bertz CT molecular complexity index is 507. The molecule has 0 spiro atoms. The molecule has 0 bridgehead atoms. The van der Waals surface area contributed by atoms with E-state index in [4.69, 9.17) is 4.74 Å². The molecule has 0 aliphatic carbocycles. The highest BCUT2D eigenvalue weighted by molar-refractivity contribution is 9.10. The summed E-state index contributed by atoms with van der Waals surface area (Å²) in [5.41, 5.74) is 0. The standard InChI is InChI=1S/C16H19BrO/c1-2-3-4-7-12-18-15-11-10-13-8-5-6-9-14(13)16(15)17/h5-6,8-11H,2-4,7,12H2,1H3. The molecule has 0 saturated heterocycles. The molecule has 0 aromatic heterocycles. The zero-order chi connectivity index (χ0) is 12.8. The van der Waals surface area contributed by atoms with E-state index in [9.17, 15) is 0 Å². The molecule has 2 heteroatoms. The van der Waals surface area contributed by atoms with Crippen LogP contribution in [-0.2, 0) is 0 Å². The van der Waals surface area contributed by atoms with E-state index in [-0.39, 0.29) is 0 Å². The highest BCUT2D eigenvalue weighted by atomic mass is 79.9. The molecular weight excluding hydrogens is 288 g/mol. The Morgan fingerprint density at radius 2 is 1.83 bits per heavy atom. The number of rotatable bonds is 6. The van der Waals surface area contributed by atoms with E-state index < -0.39 is 0 Å². The van der Waals surface area contributed by atoms with Gasteiger partial charge < -0.3 is 4.74 Å². The molecule has 0 fully saturated rings. The Hall–Kier alpha value is -1.02. The van der Waals surface area contributed by atoms with Crippen molar-refractivity contribution >= 4 is 26.7 Å². The van der Waals surface area contributed by atoms with Crippen LogP contribution < -0.4 is 4.74 Å². The van der Waals surface area contributed by atoms with Crippen molar-refractivity contribution in [3.63, 3.8) is 0 Å². The molecule has 1 nitrogen and oxygen atoms in total. The average Bonchev–Trinajstić information content (AvgIpc) is 2.41. The van der Waals surface area contributed by atoms with Gasteiger partial charge in [-0.15, -0.1) is 0 Å². The summed E-state index contributed by atoms with van der Waals surface area (Å²) in [5, 5.41) is 2.45. The summed E-state index contributed by atoms with van der Waals surface area (Å²) in [7, 11) is 0. The summed E-state index contributed by atoms with van der Waals surface area (Å²) in [6, 6.07) is 12.5. The van der Waals surface area contributed by atoms with Crippen LogP contribution in [0.1, 0.15) is 32.6 Å². The van der Waals surface area contributed by atoms with Crippen molar-refractivity contribution < 1.29 is 4.74 Å². The Balaban J connectivity index is 2.03. The van der Waals surface area contributed by atoms with Crippen LogP contribution in [0.25, 0.3) is 10.8 Å². The quantitative estimate of drug-likeness (QED) is 0.635. The monoisotopic (exact) mass is 306 g/mol. The van der Waals surface area contributed by atoms with Gasteiger partial charge in [0, 0.05) is 0 Å². The number of benzene rings is 2. The van der Waals surface area contributed by atoms with Gasteiger partial charge in [0.2, 0.25) is 0 Å². The molecule has 2 aromatic rings. The minimum atomic E-state index is 0.803. The van der Waals surface area contributed by atoms with Gasteiger partial charge in [-0.3, -0.25) is 0 Å². The van der Waals surface area contributed by atoms with Crippen LogP contribution in [0.4, 0.5) is 0 Å². The molecule has 96 valence electrons. The van der Waals surface area contributed by atoms with Crippen LogP contribution in [0.3, 0.4) is 0 Å². The molecule has 2 rings (SSSR count). The summed E-state index contributed by atoms with van der Waals surface area (Å²) >= 11 is 3.64. The second kappa shape index (κ2) is 6.79. The van der Waals surface area contributed by atoms with Crippen LogP contribution in [0.15, 0.2) is 40.9 Å². The van der Waals surface area contributed by atoms with Crippen LogP contribution >= 0.6 is 15.9 Å². The zero-order valence-electron chi connectivity index (χ0n) is 10.8. The second-order valence-corrected chi connectivity index (χ2v) is 5.30. The van der Waals surface area contributed by atoms with E-state index in [0.29, 0.717) is 0 Å². The van der Waals surface area contributed by atoms with Gasteiger partial charge in [0.05, 0.1) is 11.1 Å². The molecule has 0 amide bonds. The zero-order valence-corrected chi connectivity index (χ0v) is 12.4. The third-order valence-corrected chi connectivity index (χ3v) is 3.90. The molecule has 18 heavy (non-hydrogen) atoms. The maximum absolute atomic E-state index is 5.84. The summed E-state index contributed by atoms with van der Waals surface area (Å²) in [4.78, 5) is 0. The van der Waals surface area contributed by atoms with E-state index in [1.165, 1.54) is 30.0 Å². The van der Waals surface area contributed by atoms with Gasteiger partial charge in [-0.2, -0.15) is 0 Å². The van der Waals surface area contributed by atoms with Gasteiger partial charge in [-0.1, -0.05) is 56.5 Å². The van der Waals surface area contributed by atoms with Gasteiger partial charge in [0.25, 0.3) is 0 Å². The van der Waals surface area contributed by atoms with Gasteiger partial charge >= 0.3 is 0 Å². The number of unbranched alkanes of at least 4 members (excludes halogenated alkanes) is 3. The maximum Gasteiger partial charge on any atom is 0.134 e. The lowest BCUT2D eigenvalue weighted by atomic mass is 10.1. The Morgan fingerprint density at radius 3 is 2.67 bits per heavy atom. The van der Waals surface area contributed by atoms with Crippen molar-refractivity contribution in [3.05, 3.63) is 40.9 Å². The second-order valence-electron chi connectivity index (χ2n) is 4.51. The summed E-state index contributed by atoms with van der Waals surface area (Å²) in [6.45, 7) is 3.03. The van der Waals surface area contributed by atoms with Crippen molar-refractivity contribution in [2.24, 2.45) is 0 Å². The normalized spacial score (nSPS) is 10.8. The highest BCUT2D eigenvalue weighted by Gasteiger charge is 2.05. The van der Waals surface area contributed by atoms with Gasteiger partial charge in [0.1, 0.15) is 5.75 Å². The number of ether oxygens (including phenoxy) is 1. The van der Waals surface area contributed by atoms with E-state index in [2.05, 4.69) is 53.2 Å². The predicted octanol–water partition coefficient (Wildman–Crippen LogP) is 5.56. The van der Waals surface area contributed by atoms with E-state index >= 15 is 0 Å². The molecule has 0 aliphatic rings. The lowest BCUT2D eigenvalue weighted by molar-refractivity contribution is 0.304. The summed E-state index contributed by atoms with van der Waals surface area (Å²) in [6.07, 6.45) is 4.94. The maximum atomic E-state index is 5.84. The molecule has 0 heterocycles. The number of fused-ring (bicyclic) bond motifs is 1. The Morgan fingerprint density at radius 1 is 1.00 bits per heavy atom. The first kappa shape index (κ1) is 13.4. The van der Waals surface area contributed by atoms with Crippen LogP contribution in [0.2, 0.25) is 0 Å². The van der Waals surface area contributed by atoms with Crippen LogP contribution in [0, 0.1) is 0 Å². The molecule has 0 saturated carbocycles. The number of hydrogen-bond donors (Lipinski definition) is 0. The fourth-order valence-electron chi connectivity index (χ4n) is 2.04. The fourth-order valence-corrected chi connectivity index (χ4v) is 2.64. The molecule has 2 aromatic carbocycles. The molecule has 0 atom stereocenters. The predicted molar refractivity (Wildman–Crippen MR) is 81.3 cm³/mol. The van der Waals surface area contributed by atoms with Crippen LogP contribution in [-0.4, -0.2) is 6.61 Å². The highest BCUT2D eigenvalue weighted by Crippen LogP contribution is 2.33.